The molecule has 0 radical (unpaired) electrons. The zero-order valence-electron chi connectivity index (χ0n) is 16.9. The van der Waals surface area contributed by atoms with Crippen molar-refractivity contribution in [1.29, 1.82) is 0 Å². The van der Waals surface area contributed by atoms with Crippen LogP contribution in [0.1, 0.15) is 64.7 Å². The Morgan fingerprint density at radius 1 is 1.00 bits per heavy atom. The smallest absolute Gasteiger partial charge is 0.294 e. The van der Waals surface area contributed by atoms with E-state index in [0.717, 1.165) is 44.9 Å². The summed E-state index contributed by atoms with van der Waals surface area (Å²) in [7, 11) is 0. The van der Waals surface area contributed by atoms with Gasteiger partial charge in [-0.15, -0.1) is 0 Å². The van der Waals surface area contributed by atoms with Gasteiger partial charge in [-0.05, 0) is 50.2 Å². The van der Waals surface area contributed by atoms with Gasteiger partial charge in [-0.25, -0.2) is 4.90 Å². The van der Waals surface area contributed by atoms with Crippen molar-refractivity contribution in [2.45, 2.75) is 70.8 Å². The molecular weight excluding hydrogens is 370 g/mol. The molecule has 1 saturated heterocycles. The Labute approximate surface area is 171 Å². The number of nitrogens with zero attached hydrogens (tertiary/aromatic N) is 2. The lowest BCUT2D eigenvalue weighted by Crippen LogP contribution is -2.31. The Bertz CT molecular complexity index is 816. The first kappa shape index (κ1) is 19.9. The SMILES string of the molecule is CC1CCC2C(=O)N(c3ccc(NC4CCCCCC4)c([N+](=O)[O-])c3)C(=O)C2C1. The van der Waals surface area contributed by atoms with Gasteiger partial charge in [-0.2, -0.15) is 0 Å². The summed E-state index contributed by atoms with van der Waals surface area (Å²) >= 11 is 0. The fourth-order valence-corrected chi connectivity index (χ4v) is 5.22. The minimum Gasteiger partial charge on any atom is -0.377 e. The first-order valence-corrected chi connectivity index (χ1v) is 10.9. The van der Waals surface area contributed by atoms with Gasteiger partial charge in [-0.1, -0.05) is 32.6 Å². The van der Waals surface area contributed by atoms with Gasteiger partial charge in [0.1, 0.15) is 5.69 Å². The second kappa shape index (κ2) is 8.13. The Kier molecular flexibility index (Phi) is 5.56. The number of amides is 2. The van der Waals surface area contributed by atoms with Crippen LogP contribution in [0.15, 0.2) is 18.2 Å². The van der Waals surface area contributed by atoms with Crippen molar-refractivity contribution in [3.05, 3.63) is 28.3 Å². The molecule has 3 aliphatic rings. The zero-order chi connectivity index (χ0) is 20.5. The molecule has 3 fully saturated rings. The van der Waals surface area contributed by atoms with Crippen LogP contribution in [0.25, 0.3) is 0 Å². The molecule has 0 spiro atoms. The van der Waals surface area contributed by atoms with E-state index in [-0.39, 0.29) is 35.4 Å². The summed E-state index contributed by atoms with van der Waals surface area (Å²) in [4.78, 5) is 38.3. The van der Waals surface area contributed by atoms with Crippen molar-refractivity contribution in [3.8, 4) is 0 Å². The van der Waals surface area contributed by atoms with E-state index in [1.54, 1.807) is 12.1 Å². The molecule has 29 heavy (non-hydrogen) atoms. The highest BCUT2D eigenvalue weighted by Gasteiger charge is 2.50. The maximum atomic E-state index is 12.9. The van der Waals surface area contributed by atoms with Crippen LogP contribution in [-0.4, -0.2) is 22.8 Å². The molecule has 1 aromatic rings. The standard InChI is InChI=1S/C22H29N3O4/c1-14-8-10-17-18(12-14)22(27)24(21(17)26)16-9-11-19(20(13-16)25(28)29)23-15-6-4-2-3-5-7-15/h9,11,13-15,17-18,23H,2-8,10,12H2,1H3. The molecule has 3 unspecified atom stereocenters. The van der Waals surface area contributed by atoms with E-state index >= 15 is 0 Å². The molecule has 1 aliphatic heterocycles. The third-order valence-corrected chi connectivity index (χ3v) is 6.84. The summed E-state index contributed by atoms with van der Waals surface area (Å²) in [6, 6.07) is 4.93. The average molecular weight is 399 g/mol. The first-order valence-electron chi connectivity index (χ1n) is 10.9. The molecule has 7 nitrogen and oxygen atoms in total. The number of fused-ring (bicyclic) bond motifs is 1. The van der Waals surface area contributed by atoms with Gasteiger partial charge in [0.25, 0.3) is 5.69 Å². The molecule has 1 N–H and O–H groups in total. The van der Waals surface area contributed by atoms with Crippen molar-refractivity contribution in [1.82, 2.24) is 0 Å². The lowest BCUT2D eigenvalue weighted by molar-refractivity contribution is -0.383. The van der Waals surface area contributed by atoms with E-state index in [2.05, 4.69) is 12.2 Å². The number of hydrogen-bond donors (Lipinski definition) is 1. The van der Waals surface area contributed by atoms with Crippen molar-refractivity contribution >= 4 is 28.9 Å². The molecule has 0 bridgehead atoms. The van der Waals surface area contributed by atoms with Crippen molar-refractivity contribution in [2.24, 2.45) is 17.8 Å². The second-order valence-electron chi connectivity index (χ2n) is 8.93. The first-order chi connectivity index (χ1) is 14.0. The topological polar surface area (TPSA) is 92.6 Å². The summed E-state index contributed by atoms with van der Waals surface area (Å²) in [6.07, 6.45) is 9.05. The van der Waals surface area contributed by atoms with Crippen LogP contribution < -0.4 is 10.2 Å². The van der Waals surface area contributed by atoms with Gasteiger partial charge < -0.3 is 5.32 Å². The van der Waals surface area contributed by atoms with Crippen molar-refractivity contribution in [2.75, 3.05) is 10.2 Å². The van der Waals surface area contributed by atoms with Crippen LogP contribution in [0.3, 0.4) is 0 Å². The van der Waals surface area contributed by atoms with Gasteiger partial charge in [0, 0.05) is 12.1 Å². The molecule has 2 amide bonds. The number of hydrogen-bond acceptors (Lipinski definition) is 5. The quantitative estimate of drug-likeness (QED) is 0.344. The number of imide groups is 1. The molecule has 2 aliphatic carbocycles. The summed E-state index contributed by atoms with van der Waals surface area (Å²) < 4.78 is 0. The van der Waals surface area contributed by atoms with Crippen LogP contribution in [0.2, 0.25) is 0 Å². The second-order valence-corrected chi connectivity index (χ2v) is 8.93. The lowest BCUT2D eigenvalue weighted by Gasteiger charge is -2.25. The number of rotatable bonds is 4. The minimum absolute atomic E-state index is 0.0735. The molecule has 1 aromatic carbocycles. The number of carbonyl (C=O) groups is 2. The maximum Gasteiger partial charge on any atom is 0.294 e. The zero-order valence-corrected chi connectivity index (χ0v) is 16.9. The minimum atomic E-state index is -0.428. The fourth-order valence-electron chi connectivity index (χ4n) is 5.22. The van der Waals surface area contributed by atoms with Gasteiger partial charge in [0.05, 0.1) is 22.4 Å². The Morgan fingerprint density at radius 3 is 2.38 bits per heavy atom. The van der Waals surface area contributed by atoms with E-state index in [1.807, 2.05) is 0 Å². The fraction of sp³-hybridized carbons (Fsp3) is 0.636. The highest BCUT2D eigenvalue weighted by atomic mass is 16.6. The summed E-state index contributed by atoms with van der Waals surface area (Å²) in [5, 5.41) is 15.1. The Hall–Kier alpha value is -2.44. The third-order valence-electron chi connectivity index (χ3n) is 6.84. The van der Waals surface area contributed by atoms with Gasteiger partial charge in [0.15, 0.2) is 0 Å². The van der Waals surface area contributed by atoms with Gasteiger partial charge in [0.2, 0.25) is 11.8 Å². The molecule has 3 atom stereocenters. The Balaban J connectivity index is 1.60. The van der Waals surface area contributed by atoms with Crippen LogP contribution >= 0.6 is 0 Å². The average Bonchev–Trinajstić information content (AvgIpc) is 2.86. The highest BCUT2D eigenvalue weighted by molar-refractivity contribution is 6.22. The number of benzene rings is 1. The molecular formula is C22H29N3O4. The summed E-state index contributed by atoms with van der Waals surface area (Å²) in [6.45, 7) is 2.11. The van der Waals surface area contributed by atoms with Crippen LogP contribution in [0.5, 0.6) is 0 Å². The molecule has 0 aromatic heterocycles. The van der Waals surface area contributed by atoms with E-state index in [4.69, 9.17) is 0 Å². The number of nitrogens with one attached hydrogen (secondary N) is 1. The predicted octanol–water partition coefficient (Wildman–Crippen LogP) is 4.66. The number of nitro groups is 1. The van der Waals surface area contributed by atoms with Gasteiger partial charge >= 0.3 is 0 Å². The van der Waals surface area contributed by atoms with E-state index in [1.165, 1.54) is 23.8 Å². The van der Waals surface area contributed by atoms with E-state index in [0.29, 0.717) is 17.3 Å². The molecule has 156 valence electrons. The lowest BCUT2D eigenvalue weighted by atomic mass is 9.76. The predicted molar refractivity (Wildman–Crippen MR) is 111 cm³/mol. The van der Waals surface area contributed by atoms with Crippen LogP contribution in [-0.2, 0) is 9.59 Å². The largest absolute Gasteiger partial charge is 0.377 e. The van der Waals surface area contributed by atoms with Crippen molar-refractivity contribution < 1.29 is 14.5 Å². The maximum absolute atomic E-state index is 12.9. The van der Waals surface area contributed by atoms with Gasteiger partial charge in [-0.3, -0.25) is 19.7 Å². The summed E-state index contributed by atoms with van der Waals surface area (Å²) in [5.41, 5.74) is 0.714. The number of nitro benzene ring substituents is 1. The number of anilines is 2. The normalized spacial score (nSPS) is 28.2. The molecule has 2 saturated carbocycles. The number of carbonyl (C=O) groups excluding carboxylic acids is 2. The molecule has 4 rings (SSSR count). The van der Waals surface area contributed by atoms with Crippen molar-refractivity contribution in [3.63, 3.8) is 0 Å². The van der Waals surface area contributed by atoms with E-state index in [9.17, 15) is 19.7 Å². The molecule has 7 heteroatoms. The highest BCUT2D eigenvalue weighted by Crippen LogP contribution is 2.43. The van der Waals surface area contributed by atoms with E-state index < -0.39 is 4.92 Å². The van der Waals surface area contributed by atoms with Crippen LogP contribution in [0, 0.1) is 27.9 Å². The monoisotopic (exact) mass is 399 g/mol. The third kappa shape index (κ3) is 3.87. The Morgan fingerprint density at radius 2 is 1.69 bits per heavy atom. The van der Waals surface area contributed by atoms with Crippen LogP contribution in [0.4, 0.5) is 17.1 Å². The summed E-state index contributed by atoms with van der Waals surface area (Å²) in [5.74, 6) is -0.542. The molecule has 1 heterocycles.